The number of likely N-dealkylation sites (tertiary alicyclic amines) is 1. The Bertz CT molecular complexity index is 1060. The minimum atomic E-state index is -0.382. The van der Waals surface area contributed by atoms with E-state index >= 15 is 0 Å². The molecule has 1 aromatic heterocycles. The van der Waals surface area contributed by atoms with Crippen LogP contribution in [0, 0.1) is 0 Å². The number of benzene rings is 2. The van der Waals surface area contributed by atoms with Crippen molar-refractivity contribution in [2.24, 2.45) is 0 Å². The molecule has 3 aromatic rings. The molecule has 1 atom stereocenters. The van der Waals surface area contributed by atoms with Gasteiger partial charge < -0.3 is 9.64 Å². The molecule has 166 valence electrons. The Morgan fingerprint density at radius 2 is 1.81 bits per heavy atom. The number of hydrogen-bond acceptors (Lipinski definition) is 5. The van der Waals surface area contributed by atoms with Crippen LogP contribution in [-0.2, 0) is 11.3 Å². The van der Waals surface area contributed by atoms with Crippen molar-refractivity contribution in [1.29, 1.82) is 0 Å². The fourth-order valence-electron chi connectivity index (χ4n) is 3.97. The standard InChI is InChI=1S/C25H28N4O2S/c1-3-16-29-23(20-14-8-9-15-21(20)31-2)26-27-25(29)32-22(19-12-6-4-7-13-19)24(30)28-17-10-5-11-18-28/h3-4,6-9,12-15,22H,1,5,10-11,16-18H2,2H3/t22-/m1/s1. The second-order valence-electron chi connectivity index (χ2n) is 7.70. The molecule has 0 radical (unpaired) electrons. The molecule has 1 aliphatic heterocycles. The van der Waals surface area contributed by atoms with Crippen LogP contribution in [0.2, 0.25) is 0 Å². The molecule has 1 aliphatic rings. The van der Waals surface area contributed by atoms with Gasteiger partial charge in [0.15, 0.2) is 11.0 Å². The van der Waals surface area contributed by atoms with E-state index in [1.54, 1.807) is 7.11 Å². The summed E-state index contributed by atoms with van der Waals surface area (Å²) in [6, 6.07) is 17.7. The summed E-state index contributed by atoms with van der Waals surface area (Å²) in [6.07, 6.45) is 5.12. The van der Waals surface area contributed by atoms with Crippen molar-refractivity contribution < 1.29 is 9.53 Å². The molecule has 7 heteroatoms. The predicted octanol–water partition coefficient (Wildman–Crippen LogP) is 4.99. The highest BCUT2D eigenvalue weighted by atomic mass is 32.2. The fourth-order valence-corrected chi connectivity index (χ4v) is 5.10. The monoisotopic (exact) mass is 448 g/mol. The number of para-hydroxylation sites is 1. The van der Waals surface area contributed by atoms with Crippen molar-refractivity contribution in [3.05, 3.63) is 72.8 Å². The third-order valence-corrected chi connectivity index (χ3v) is 6.82. The maximum atomic E-state index is 13.6. The van der Waals surface area contributed by atoms with Crippen molar-refractivity contribution in [2.75, 3.05) is 20.2 Å². The van der Waals surface area contributed by atoms with Gasteiger partial charge in [-0.2, -0.15) is 0 Å². The zero-order valence-electron chi connectivity index (χ0n) is 18.3. The first-order chi connectivity index (χ1) is 15.7. The van der Waals surface area contributed by atoms with Crippen molar-refractivity contribution in [3.8, 4) is 17.1 Å². The van der Waals surface area contributed by atoms with E-state index in [0.717, 1.165) is 42.8 Å². The molecule has 1 fully saturated rings. The lowest BCUT2D eigenvalue weighted by atomic mass is 10.1. The van der Waals surface area contributed by atoms with Gasteiger partial charge in [-0.3, -0.25) is 9.36 Å². The molecule has 4 rings (SSSR count). The van der Waals surface area contributed by atoms with E-state index in [4.69, 9.17) is 4.74 Å². The van der Waals surface area contributed by atoms with Gasteiger partial charge in [0.25, 0.3) is 0 Å². The molecule has 0 spiro atoms. The first-order valence-corrected chi connectivity index (χ1v) is 11.8. The Morgan fingerprint density at radius 1 is 1.09 bits per heavy atom. The molecule has 1 amide bonds. The number of thioether (sulfide) groups is 1. The van der Waals surface area contributed by atoms with Gasteiger partial charge in [0.05, 0.1) is 12.7 Å². The first kappa shape index (κ1) is 22.1. The minimum absolute atomic E-state index is 0.132. The number of carbonyl (C=O) groups is 1. The smallest absolute Gasteiger partial charge is 0.240 e. The van der Waals surface area contributed by atoms with E-state index in [9.17, 15) is 4.79 Å². The Labute approximate surface area is 193 Å². The number of carbonyl (C=O) groups excluding carboxylic acids is 1. The summed E-state index contributed by atoms with van der Waals surface area (Å²) in [5.74, 6) is 1.56. The van der Waals surface area contributed by atoms with Gasteiger partial charge in [-0.25, -0.2) is 0 Å². The average molecular weight is 449 g/mol. The molecule has 0 bridgehead atoms. The quantitative estimate of drug-likeness (QED) is 0.359. The molecule has 1 saturated heterocycles. The molecular formula is C25H28N4O2S. The van der Waals surface area contributed by atoms with Crippen LogP contribution in [-0.4, -0.2) is 45.8 Å². The van der Waals surface area contributed by atoms with E-state index in [1.807, 2.05) is 70.1 Å². The van der Waals surface area contributed by atoms with Crippen molar-refractivity contribution >= 4 is 17.7 Å². The number of piperidine rings is 1. The average Bonchev–Trinajstić information content (AvgIpc) is 3.25. The highest BCUT2D eigenvalue weighted by molar-refractivity contribution is 8.00. The van der Waals surface area contributed by atoms with Crippen LogP contribution in [0.4, 0.5) is 0 Å². The molecule has 2 aromatic carbocycles. The van der Waals surface area contributed by atoms with Crippen LogP contribution < -0.4 is 4.74 Å². The van der Waals surface area contributed by atoms with Crippen LogP contribution in [0.5, 0.6) is 5.75 Å². The van der Waals surface area contributed by atoms with Crippen LogP contribution >= 0.6 is 11.8 Å². The number of nitrogens with zero attached hydrogens (tertiary/aromatic N) is 4. The van der Waals surface area contributed by atoms with Crippen LogP contribution in [0.25, 0.3) is 11.4 Å². The second-order valence-corrected chi connectivity index (χ2v) is 8.77. The fraction of sp³-hybridized carbons (Fsp3) is 0.320. The number of rotatable bonds is 8. The number of ether oxygens (including phenoxy) is 1. The summed E-state index contributed by atoms with van der Waals surface area (Å²) < 4.78 is 7.53. The molecule has 0 unspecified atom stereocenters. The van der Waals surface area contributed by atoms with Gasteiger partial charge in [-0.1, -0.05) is 60.3 Å². The zero-order chi connectivity index (χ0) is 22.3. The summed E-state index contributed by atoms with van der Waals surface area (Å²) in [7, 11) is 1.64. The maximum Gasteiger partial charge on any atom is 0.240 e. The predicted molar refractivity (Wildman–Crippen MR) is 128 cm³/mol. The molecule has 0 saturated carbocycles. The number of amides is 1. The van der Waals surface area contributed by atoms with Crippen molar-refractivity contribution in [3.63, 3.8) is 0 Å². The number of aromatic nitrogens is 3. The number of hydrogen-bond donors (Lipinski definition) is 0. The Hall–Kier alpha value is -3.06. The van der Waals surface area contributed by atoms with Gasteiger partial charge in [-0.05, 0) is 37.0 Å². The third-order valence-electron chi connectivity index (χ3n) is 5.59. The van der Waals surface area contributed by atoms with Gasteiger partial charge >= 0.3 is 0 Å². The molecule has 0 N–H and O–H groups in total. The van der Waals surface area contributed by atoms with E-state index in [2.05, 4.69) is 16.8 Å². The summed E-state index contributed by atoms with van der Waals surface area (Å²) in [4.78, 5) is 15.5. The summed E-state index contributed by atoms with van der Waals surface area (Å²) in [5, 5.41) is 9.26. The lowest BCUT2D eigenvalue weighted by molar-refractivity contribution is -0.131. The highest BCUT2D eigenvalue weighted by Gasteiger charge is 2.30. The highest BCUT2D eigenvalue weighted by Crippen LogP contribution is 2.39. The maximum absolute atomic E-state index is 13.6. The van der Waals surface area contributed by atoms with Crippen LogP contribution in [0.1, 0.15) is 30.1 Å². The Balaban J connectivity index is 1.71. The SMILES string of the molecule is C=CCn1c(S[C@@H](C(=O)N2CCCCC2)c2ccccc2)nnc1-c1ccccc1OC. The lowest BCUT2D eigenvalue weighted by Crippen LogP contribution is -2.38. The van der Waals surface area contributed by atoms with Gasteiger partial charge in [0.2, 0.25) is 5.91 Å². The topological polar surface area (TPSA) is 60.2 Å². The van der Waals surface area contributed by atoms with Gasteiger partial charge in [-0.15, -0.1) is 16.8 Å². The normalized spacial score (nSPS) is 14.7. The van der Waals surface area contributed by atoms with E-state index in [-0.39, 0.29) is 11.2 Å². The minimum Gasteiger partial charge on any atom is -0.496 e. The zero-order valence-corrected chi connectivity index (χ0v) is 19.1. The second kappa shape index (κ2) is 10.5. The summed E-state index contributed by atoms with van der Waals surface area (Å²) in [6.45, 7) is 6.07. The Morgan fingerprint density at radius 3 is 2.53 bits per heavy atom. The molecular weight excluding hydrogens is 420 g/mol. The van der Waals surface area contributed by atoms with Gasteiger partial charge in [0, 0.05) is 19.6 Å². The number of allylic oxidation sites excluding steroid dienone is 1. The molecule has 0 aliphatic carbocycles. The summed E-state index contributed by atoms with van der Waals surface area (Å²) in [5.41, 5.74) is 1.83. The molecule has 2 heterocycles. The Kier molecular flexibility index (Phi) is 7.27. The molecule has 6 nitrogen and oxygen atoms in total. The van der Waals surface area contributed by atoms with Crippen LogP contribution in [0.15, 0.2) is 72.4 Å². The van der Waals surface area contributed by atoms with Gasteiger partial charge in [0.1, 0.15) is 11.0 Å². The van der Waals surface area contributed by atoms with Crippen molar-refractivity contribution in [2.45, 2.75) is 36.2 Å². The number of methoxy groups -OCH3 is 1. The van der Waals surface area contributed by atoms with E-state index in [1.165, 1.54) is 18.2 Å². The molecule has 32 heavy (non-hydrogen) atoms. The lowest BCUT2D eigenvalue weighted by Gasteiger charge is -2.30. The largest absolute Gasteiger partial charge is 0.496 e. The van der Waals surface area contributed by atoms with E-state index < -0.39 is 0 Å². The van der Waals surface area contributed by atoms with E-state index in [0.29, 0.717) is 17.5 Å². The summed E-state index contributed by atoms with van der Waals surface area (Å²) >= 11 is 1.45. The third kappa shape index (κ3) is 4.72. The van der Waals surface area contributed by atoms with Crippen molar-refractivity contribution in [1.82, 2.24) is 19.7 Å². The first-order valence-electron chi connectivity index (χ1n) is 10.9. The van der Waals surface area contributed by atoms with Crippen LogP contribution in [0.3, 0.4) is 0 Å².